The zero-order valence-electron chi connectivity index (χ0n) is 9.63. The summed E-state index contributed by atoms with van der Waals surface area (Å²) in [5, 5.41) is 14.4. The van der Waals surface area contributed by atoms with E-state index >= 15 is 0 Å². The summed E-state index contributed by atoms with van der Waals surface area (Å²) in [4.78, 5) is 11.6. The standard InChI is InChI=1S/C12H14N2O4/c15-8-10(11-4-2-6-18-11)14-12(16)13-7-9-3-1-5-17-9/h1-6,10,15H,7-8H2,(H2,13,14,16). The Morgan fingerprint density at radius 2 is 2.06 bits per heavy atom. The third-order valence-corrected chi connectivity index (χ3v) is 2.38. The summed E-state index contributed by atoms with van der Waals surface area (Å²) < 4.78 is 10.2. The molecule has 1 atom stereocenters. The molecule has 2 aromatic heterocycles. The Morgan fingerprint density at radius 1 is 1.28 bits per heavy atom. The zero-order valence-corrected chi connectivity index (χ0v) is 9.63. The Bertz CT molecular complexity index is 464. The van der Waals surface area contributed by atoms with E-state index in [0.717, 1.165) is 0 Å². The van der Waals surface area contributed by atoms with Gasteiger partial charge in [-0.25, -0.2) is 4.79 Å². The molecule has 2 amide bonds. The SMILES string of the molecule is O=C(NCc1ccco1)NC(CO)c1ccco1. The largest absolute Gasteiger partial charge is 0.467 e. The number of amides is 2. The van der Waals surface area contributed by atoms with Crippen molar-refractivity contribution in [2.45, 2.75) is 12.6 Å². The number of carbonyl (C=O) groups excluding carboxylic acids is 1. The molecular weight excluding hydrogens is 236 g/mol. The first-order valence-corrected chi connectivity index (χ1v) is 5.50. The van der Waals surface area contributed by atoms with Crippen molar-refractivity contribution in [1.82, 2.24) is 10.6 Å². The van der Waals surface area contributed by atoms with Crippen LogP contribution in [0.15, 0.2) is 45.6 Å². The molecule has 2 aromatic rings. The highest BCUT2D eigenvalue weighted by Gasteiger charge is 2.15. The van der Waals surface area contributed by atoms with Crippen molar-refractivity contribution in [2.24, 2.45) is 0 Å². The first kappa shape index (κ1) is 12.3. The summed E-state index contributed by atoms with van der Waals surface area (Å²) in [5.41, 5.74) is 0. The summed E-state index contributed by atoms with van der Waals surface area (Å²) in [6, 6.07) is 5.93. The Labute approximate surface area is 104 Å². The van der Waals surface area contributed by atoms with Crippen molar-refractivity contribution in [1.29, 1.82) is 0 Å². The number of nitrogens with one attached hydrogen (secondary N) is 2. The summed E-state index contributed by atoms with van der Waals surface area (Å²) in [7, 11) is 0. The molecule has 0 aliphatic carbocycles. The van der Waals surface area contributed by atoms with Gasteiger partial charge >= 0.3 is 6.03 Å². The lowest BCUT2D eigenvalue weighted by Gasteiger charge is -2.14. The normalized spacial score (nSPS) is 12.1. The molecule has 2 rings (SSSR count). The number of carbonyl (C=O) groups is 1. The van der Waals surface area contributed by atoms with E-state index in [-0.39, 0.29) is 13.2 Å². The van der Waals surface area contributed by atoms with Gasteiger partial charge in [0, 0.05) is 0 Å². The highest BCUT2D eigenvalue weighted by molar-refractivity contribution is 5.74. The molecule has 0 aromatic carbocycles. The Hall–Kier alpha value is -2.21. The van der Waals surface area contributed by atoms with Gasteiger partial charge in [-0.05, 0) is 24.3 Å². The van der Waals surface area contributed by atoms with Gasteiger partial charge in [-0.3, -0.25) is 0 Å². The fraction of sp³-hybridized carbons (Fsp3) is 0.250. The number of rotatable bonds is 5. The highest BCUT2D eigenvalue weighted by atomic mass is 16.3. The predicted octanol–water partition coefficient (Wildman–Crippen LogP) is 1.41. The van der Waals surface area contributed by atoms with Crippen LogP contribution >= 0.6 is 0 Å². The van der Waals surface area contributed by atoms with Crippen LogP contribution in [0.5, 0.6) is 0 Å². The van der Waals surface area contributed by atoms with E-state index < -0.39 is 12.1 Å². The maximum Gasteiger partial charge on any atom is 0.315 e. The molecule has 2 heterocycles. The molecule has 18 heavy (non-hydrogen) atoms. The number of aliphatic hydroxyl groups is 1. The van der Waals surface area contributed by atoms with Gasteiger partial charge in [-0.15, -0.1) is 0 Å². The molecule has 0 fully saturated rings. The van der Waals surface area contributed by atoms with E-state index in [1.165, 1.54) is 12.5 Å². The lowest BCUT2D eigenvalue weighted by atomic mass is 10.2. The molecule has 6 nitrogen and oxygen atoms in total. The lowest BCUT2D eigenvalue weighted by Crippen LogP contribution is -2.38. The maximum absolute atomic E-state index is 11.6. The third-order valence-electron chi connectivity index (χ3n) is 2.38. The molecule has 3 N–H and O–H groups in total. The second-order valence-electron chi connectivity index (χ2n) is 3.66. The zero-order chi connectivity index (χ0) is 12.8. The van der Waals surface area contributed by atoms with Crippen molar-refractivity contribution in [3.63, 3.8) is 0 Å². The van der Waals surface area contributed by atoms with E-state index in [1.54, 1.807) is 24.3 Å². The van der Waals surface area contributed by atoms with E-state index in [9.17, 15) is 9.90 Å². The van der Waals surface area contributed by atoms with Crippen LogP contribution in [0.25, 0.3) is 0 Å². The fourth-order valence-electron chi connectivity index (χ4n) is 1.49. The minimum atomic E-state index is -0.559. The number of urea groups is 1. The van der Waals surface area contributed by atoms with Gasteiger partial charge in [0.05, 0.1) is 25.7 Å². The second kappa shape index (κ2) is 5.92. The van der Waals surface area contributed by atoms with Crippen LogP contribution in [0.1, 0.15) is 17.6 Å². The van der Waals surface area contributed by atoms with Crippen LogP contribution < -0.4 is 10.6 Å². The number of hydrogen-bond acceptors (Lipinski definition) is 4. The average Bonchev–Trinajstić information content (AvgIpc) is 3.05. The summed E-state index contributed by atoms with van der Waals surface area (Å²) >= 11 is 0. The molecule has 0 spiro atoms. The molecular formula is C12H14N2O4. The third kappa shape index (κ3) is 3.14. The Morgan fingerprint density at radius 3 is 2.67 bits per heavy atom. The number of aliphatic hydroxyl groups excluding tert-OH is 1. The van der Waals surface area contributed by atoms with Crippen LogP contribution in [0.3, 0.4) is 0 Å². The van der Waals surface area contributed by atoms with Crippen molar-refractivity contribution in [2.75, 3.05) is 6.61 Å². The van der Waals surface area contributed by atoms with Crippen LogP contribution in [0.2, 0.25) is 0 Å². The molecule has 0 saturated carbocycles. The molecule has 0 aliphatic rings. The molecule has 0 bridgehead atoms. The van der Waals surface area contributed by atoms with Gasteiger partial charge in [0.2, 0.25) is 0 Å². The minimum Gasteiger partial charge on any atom is -0.467 e. The van der Waals surface area contributed by atoms with Gasteiger partial charge < -0.3 is 24.6 Å². The lowest BCUT2D eigenvalue weighted by molar-refractivity contribution is 0.207. The number of hydrogen-bond donors (Lipinski definition) is 3. The van der Waals surface area contributed by atoms with Gasteiger partial charge in [0.1, 0.15) is 17.6 Å². The fourth-order valence-corrected chi connectivity index (χ4v) is 1.49. The molecule has 96 valence electrons. The quantitative estimate of drug-likeness (QED) is 0.748. The van der Waals surface area contributed by atoms with E-state index in [4.69, 9.17) is 8.83 Å². The summed E-state index contributed by atoms with van der Waals surface area (Å²) in [5.74, 6) is 1.16. The van der Waals surface area contributed by atoms with E-state index in [0.29, 0.717) is 11.5 Å². The molecule has 0 saturated heterocycles. The molecule has 1 unspecified atom stereocenters. The van der Waals surface area contributed by atoms with Crippen molar-refractivity contribution >= 4 is 6.03 Å². The number of furan rings is 2. The van der Waals surface area contributed by atoms with E-state index in [2.05, 4.69) is 10.6 Å². The maximum atomic E-state index is 11.6. The van der Waals surface area contributed by atoms with Crippen LogP contribution in [-0.4, -0.2) is 17.7 Å². The summed E-state index contributed by atoms with van der Waals surface area (Å²) in [6.45, 7) is 0.0524. The van der Waals surface area contributed by atoms with Crippen LogP contribution in [0, 0.1) is 0 Å². The van der Waals surface area contributed by atoms with Crippen molar-refractivity contribution in [3.05, 3.63) is 48.3 Å². The van der Waals surface area contributed by atoms with Gasteiger partial charge in [-0.2, -0.15) is 0 Å². The first-order chi connectivity index (χ1) is 8.79. The predicted molar refractivity (Wildman–Crippen MR) is 62.6 cm³/mol. The first-order valence-electron chi connectivity index (χ1n) is 5.50. The average molecular weight is 250 g/mol. The topological polar surface area (TPSA) is 87.6 Å². The Kier molecular flexibility index (Phi) is 4.03. The second-order valence-corrected chi connectivity index (χ2v) is 3.66. The van der Waals surface area contributed by atoms with Crippen LogP contribution in [-0.2, 0) is 6.54 Å². The van der Waals surface area contributed by atoms with E-state index in [1.807, 2.05) is 0 Å². The monoisotopic (exact) mass is 250 g/mol. The van der Waals surface area contributed by atoms with Gasteiger partial charge in [0.15, 0.2) is 0 Å². The summed E-state index contributed by atoms with van der Waals surface area (Å²) in [6.07, 6.45) is 3.02. The van der Waals surface area contributed by atoms with Crippen LogP contribution in [0.4, 0.5) is 4.79 Å². The molecule has 0 radical (unpaired) electrons. The molecule has 6 heteroatoms. The highest BCUT2D eigenvalue weighted by Crippen LogP contribution is 2.12. The Balaban J connectivity index is 1.82. The molecule has 0 aliphatic heterocycles. The minimum absolute atomic E-state index is 0.234. The van der Waals surface area contributed by atoms with Gasteiger partial charge in [-0.1, -0.05) is 0 Å². The van der Waals surface area contributed by atoms with Crippen molar-refractivity contribution in [3.8, 4) is 0 Å². The van der Waals surface area contributed by atoms with Crippen molar-refractivity contribution < 1.29 is 18.7 Å². The van der Waals surface area contributed by atoms with Gasteiger partial charge in [0.25, 0.3) is 0 Å². The smallest absolute Gasteiger partial charge is 0.315 e.